The van der Waals surface area contributed by atoms with Crippen LogP contribution >= 0.6 is 0 Å². The smallest absolute Gasteiger partial charge is 0.126 e. The molecule has 0 aliphatic carbocycles. The van der Waals surface area contributed by atoms with Crippen molar-refractivity contribution in [2.24, 2.45) is 5.92 Å². The number of aromatic nitrogens is 1. The molecule has 0 unspecified atom stereocenters. The fourth-order valence-electron chi connectivity index (χ4n) is 1.46. The lowest BCUT2D eigenvalue weighted by molar-refractivity contribution is 0.101. The van der Waals surface area contributed by atoms with Crippen LogP contribution in [-0.2, 0) is 0 Å². The third kappa shape index (κ3) is 2.29. The number of nitrogens with zero attached hydrogens (tertiary/aromatic N) is 3. The topological polar surface area (TPSA) is 55.7 Å². The van der Waals surface area contributed by atoms with Crippen molar-refractivity contribution in [2.75, 3.05) is 25.4 Å². The van der Waals surface area contributed by atoms with Gasteiger partial charge >= 0.3 is 0 Å². The van der Waals surface area contributed by atoms with Crippen LogP contribution < -0.4 is 10.5 Å². The lowest BCUT2D eigenvalue weighted by Gasteiger charge is -2.29. The minimum atomic E-state index is 0.452. The molecule has 2 rings (SSSR count). The Kier molecular flexibility index (Phi) is 2.59. The van der Waals surface area contributed by atoms with E-state index >= 15 is 0 Å². The van der Waals surface area contributed by atoms with Gasteiger partial charge in [-0.05, 0) is 6.07 Å². The molecule has 0 saturated carbocycles. The molecule has 0 aromatic carbocycles. The quantitative estimate of drug-likeness (QED) is 0.740. The molecule has 5 nitrogen and oxygen atoms in total. The van der Waals surface area contributed by atoms with E-state index in [1.54, 1.807) is 23.3 Å². The van der Waals surface area contributed by atoms with E-state index in [1.807, 2.05) is 0 Å². The van der Waals surface area contributed by atoms with Gasteiger partial charge in [0.05, 0.1) is 19.7 Å². The average Bonchev–Trinajstić information content (AvgIpc) is 2.16. The van der Waals surface area contributed by atoms with Crippen molar-refractivity contribution in [3.63, 3.8) is 0 Å². The molecule has 0 bridgehead atoms. The molecule has 1 aliphatic rings. The van der Waals surface area contributed by atoms with Gasteiger partial charge in [-0.25, -0.2) is 4.98 Å². The maximum absolute atomic E-state index is 6.76. The van der Waals surface area contributed by atoms with Gasteiger partial charge in [-0.15, -0.1) is 5.01 Å². The predicted molar refractivity (Wildman–Crippen MR) is 55.8 cm³/mol. The Morgan fingerprint density at radius 3 is 3.13 bits per heavy atom. The summed E-state index contributed by atoms with van der Waals surface area (Å²) in [4.78, 5) is 7.19. The zero-order valence-corrected chi connectivity index (χ0v) is 8.26. The summed E-state index contributed by atoms with van der Waals surface area (Å²) in [7, 11) is 0. The van der Waals surface area contributed by atoms with Gasteiger partial charge in [-0.3, -0.25) is 0 Å². The molecular weight excluding hydrogens is 192 g/mol. The van der Waals surface area contributed by atoms with Crippen molar-refractivity contribution >= 4 is 5.82 Å². The highest BCUT2D eigenvalue weighted by molar-refractivity contribution is 5.35. The van der Waals surface area contributed by atoms with Crippen molar-refractivity contribution in [1.29, 1.82) is 0 Å². The molecule has 0 amide bonds. The SMILES string of the molecule is [C-]#[N+]N1CC(COc2ccnc(N)c2)C1. The Labute approximate surface area is 88.3 Å². The van der Waals surface area contributed by atoms with E-state index in [9.17, 15) is 0 Å². The molecule has 2 N–H and O–H groups in total. The molecule has 1 saturated heterocycles. The van der Waals surface area contributed by atoms with Crippen molar-refractivity contribution in [1.82, 2.24) is 9.99 Å². The number of rotatable bonds is 3. The average molecular weight is 204 g/mol. The van der Waals surface area contributed by atoms with Crippen LogP contribution in [0.4, 0.5) is 5.82 Å². The zero-order valence-electron chi connectivity index (χ0n) is 8.26. The second kappa shape index (κ2) is 4.05. The summed E-state index contributed by atoms with van der Waals surface area (Å²) in [6, 6.07) is 3.48. The van der Waals surface area contributed by atoms with Crippen molar-refractivity contribution in [2.45, 2.75) is 0 Å². The van der Waals surface area contributed by atoms with Crippen LogP contribution in [0.25, 0.3) is 4.95 Å². The maximum Gasteiger partial charge on any atom is 0.126 e. The number of hydrogen-bond acceptors (Lipinski definition) is 4. The number of hydrogen-bond donors (Lipinski definition) is 1. The summed E-state index contributed by atoms with van der Waals surface area (Å²) in [5, 5.41) is 1.69. The van der Waals surface area contributed by atoms with E-state index < -0.39 is 0 Å². The molecule has 0 atom stereocenters. The molecular formula is C10H12N4O. The van der Waals surface area contributed by atoms with E-state index in [0.29, 0.717) is 18.3 Å². The summed E-state index contributed by atoms with van der Waals surface area (Å²) in [5.41, 5.74) is 5.52. The van der Waals surface area contributed by atoms with Gasteiger partial charge in [0.15, 0.2) is 0 Å². The van der Waals surface area contributed by atoms with Gasteiger partial charge in [0.1, 0.15) is 11.6 Å². The Hall–Kier alpha value is -1.96. The number of nitrogen functional groups attached to an aromatic ring is 1. The third-order valence-corrected chi connectivity index (χ3v) is 2.32. The highest BCUT2D eigenvalue weighted by Crippen LogP contribution is 2.18. The van der Waals surface area contributed by atoms with E-state index in [0.717, 1.165) is 18.8 Å². The van der Waals surface area contributed by atoms with E-state index in [4.69, 9.17) is 17.0 Å². The first kappa shape index (κ1) is 9.59. The molecule has 1 fully saturated rings. The Morgan fingerprint density at radius 2 is 2.47 bits per heavy atom. The van der Waals surface area contributed by atoms with Crippen LogP contribution in [-0.4, -0.2) is 29.7 Å². The predicted octanol–water partition coefficient (Wildman–Crippen LogP) is 0.809. The first-order valence-corrected chi connectivity index (χ1v) is 4.74. The van der Waals surface area contributed by atoms with Gasteiger partial charge in [0, 0.05) is 18.2 Å². The fourth-order valence-corrected chi connectivity index (χ4v) is 1.46. The van der Waals surface area contributed by atoms with Crippen LogP contribution in [0.2, 0.25) is 0 Å². The van der Waals surface area contributed by atoms with Crippen LogP contribution in [0.3, 0.4) is 0 Å². The fraction of sp³-hybridized carbons (Fsp3) is 0.400. The number of ether oxygens (including phenoxy) is 1. The molecule has 2 heterocycles. The summed E-state index contributed by atoms with van der Waals surface area (Å²) in [6.07, 6.45) is 1.62. The second-order valence-corrected chi connectivity index (χ2v) is 3.57. The van der Waals surface area contributed by atoms with Crippen LogP contribution in [0.1, 0.15) is 0 Å². The van der Waals surface area contributed by atoms with Gasteiger partial charge in [0.25, 0.3) is 0 Å². The summed E-state index contributed by atoms with van der Waals surface area (Å²) < 4.78 is 5.53. The minimum Gasteiger partial charge on any atom is -0.493 e. The number of anilines is 1. The number of nitrogens with two attached hydrogens (primary N) is 1. The third-order valence-electron chi connectivity index (χ3n) is 2.32. The summed E-state index contributed by atoms with van der Waals surface area (Å²) >= 11 is 0. The van der Waals surface area contributed by atoms with Crippen molar-refractivity contribution in [3.05, 3.63) is 29.9 Å². The van der Waals surface area contributed by atoms with Gasteiger partial charge in [-0.2, -0.15) is 11.5 Å². The first-order chi connectivity index (χ1) is 7.28. The lowest BCUT2D eigenvalue weighted by Crippen LogP contribution is -2.44. The molecule has 1 aromatic heterocycles. The lowest BCUT2D eigenvalue weighted by atomic mass is 10.0. The normalized spacial score (nSPS) is 15.5. The Bertz CT molecular complexity index is 381. The van der Waals surface area contributed by atoms with Crippen LogP contribution in [0, 0.1) is 12.5 Å². The van der Waals surface area contributed by atoms with Gasteiger partial charge < -0.3 is 10.5 Å². The summed E-state index contributed by atoms with van der Waals surface area (Å²) in [6.45, 7) is 8.99. The molecule has 1 aliphatic heterocycles. The Morgan fingerprint density at radius 1 is 1.67 bits per heavy atom. The highest BCUT2D eigenvalue weighted by atomic mass is 16.5. The van der Waals surface area contributed by atoms with Gasteiger partial charge in [-0.1, -0.05) is 0 Å². The highest BCUT2D eigenvalue weighted by Gasteiger charge is 2.30. The van der Waals surface area contributed by atoms with Gasteiger partial charge in [0.2, 0.25) is 0 Å². The molecule has 1 aromatic rings. The van der Waals surface area contributed by atoms with Crippen LogP contribution in [0.15, 0.2) is 18.3 Å². The van der Waals surface area contributed by atoms with Crippen LogP contribution in [0.5, 0.6) is 5.75 Å². The molecule has 78 valence electrons. The van der Waals surface area contributed by atoms with E-state index in [2.05, 4.69) is 9.94 Å². The van der Waals surface area contributed by atoms with Crippen molar-refractivity contribution < 1.29 is 4.74 Å². The molecule has 5 heteroatoms. The molecule has 0 spiro atoms. The van der Waals surface area contributed by atoms with E-state index in [-0.39, 0.29) is 0 Å². The first-order valence-electron chi connectivity index (χ1n) is 4.74. The Balaban J connectivity index is 1.78. The molecule has 15 heavy (non-hydrogen) atoms. The van der Waals surface area contributed by atoms with Crippen molar-refractivity contribution in [3.8, 4) is 5.75 Å². The molecule has 0 radical (unpaired) electrons. The van der Waals surface area contributed by atoms with E-state index in [1.165, 1.54) is 0 Å². The monoisotopic (exact) mass is 204 g/mol. The largest absolute Gasteiger partial charge is 0.493 e. The summed E-state index contributed by atoms with van der Waals surface area (Å²) in [5.74, 6) is 1.65. The number of pyridine rings is 1. The standard InChI is InChI=1S/C10H12N4O/c1-12-14-5-8(6-14)7-15-9-2-3-13-10(11)4-9/h2-4,8H,5-7H2,(H2,11,13). The minimum absolute atomic E-state index is 0.452. The maximum atomic E-state index is 6.76. The zero-order chi connectivity index (χ0) is 10.7. The second-order valence-electron chi connectivity index (χ2n) is 3.57.